The Labute approximate surface area is 167 Å². The van der Waals surface area contributed by atoms with E-state index >= 15 is 0 Å². The lowest BCUT2D eigenvalue weighted by Crippen LogP contribution is -2.47. The summed E-state index contributed by atoms with van der Waals surface area (Å²) in [5.41, 5.74) is 6.72. The molecule has 3 N–H and O–H groups in total. The first-order chi connectivity index (χ1) is 13.2. The van der Waals surface area contributed by atoms with E-state index in [-0.39, 0.29) is 30.1 Å². The number of amides is 1. The van der Waals surface area contributed by atoms with Gasteiger partial charge in [0.25, 0.3) is 5.91 Å². The van der Waals surface area contributed by atoms with Crippen LogP contribution in [0, 0.1) is 12.8 Å². The minimum atomic E-state index is -0.957. The fraction of sp³-hybridized carbons (Fsp3) is 0.636. The Kier molecular flexibility index (Phi) is 5.87. The summed E-state index contributed by atoms with van der Waals surface area (Å²) in [5, 5.41) is 10.1. The van der Waals surface area contributed by atoms with Crippen molar-refractivity contribution in [1.29, 1.82) is 0 Å². The fourth-order valence-corrected chi connectivity index (χ4v) is 4.37. The third-order valence-electron chi connectivity index (χ3n) is 6.14. The first-order valence-corrected chi connectivity index (χ1v) is 10.3. The van der Waals surface area contributed by atoms with E-state index in [0.717, 1.165) is 24.0 Å². The van der Waals surface area contributed by atoms with E-state index in [2.05, 4.69) is 18.8 Å². The van der Waals surface area contributed by atoms with Crippen LogP contribution in [0.5, 0.6) is 11.5 Å². The highest BCUT2D eigenvalue weighted by Crippen LogP contribution is 2.38. The van der Waals surface area contributed by atoms with Crippen LogP contribution in [0.15, 0.2) is 17.1 Å². The van der Waals surface area contributed by atoms with E-state index in [0.29, 0.717) is 18.1 Å². The first-order valence-electron chi connectivity index (χ1n) is 10.3. The molecule has 1 aliphatic carbocycles. The van der Waals surface area contributed by atoms with Gasteiger partial charge in [-0.05, 0) is 42.9 Å². The number of carbonyl (C=O) groups excluding carboxylic acids is 1. The molecule has 2 aliphatic rings. The van der Waals surface area contributed by atoms with Gasteiger partial charge in [0.05, 0.1) is 0 Å². The van der Waals surface area contributed by atoms with Gasteiger partial charge in [-0.15, -0.1) is 0 Å². The number of nitrogens with two attached hydrogens (primary N) is 1. The molecule has 6 heteroatoms. The average Bonchev–Trinajstić information content (AvgIpc) is 2.87. The Balaban J connectivity index is 1.87. The molecule has 1 atom stereocenters. The highest BCUT2D eigenvalue weighted by molar-refractivity contribution is 6.06. The van der Waals surface area contributed by atoms with Gasteiger partial charge in [0.15, 0.2) is 11.5 Å². The number of aliphatic imine (C=N–C) groups is 1. The maximum atomic E-state index is 13.1. The summed E-state index contributed by atoms with van der Waals surface area (Å²) in [6.45, 7) is 6.12. The van der Waals surface area contributed by atoms with Crippen LogP contribution < -0.4 is 10.5 Å². The first kappa shape index (κ1) is 20.5. The maximum Gasteiger partial charge on any atom is 0.260 e. The Morgan fingerprint density at radius 3 is 2.57 bits per heavy atom. The molecule has 1 aromatic rings. The molecule has 1 unspecified atom stereocenters. The molecular weight excluding hydrogens is 354 g/mol. The van der Waals surface area contributed by atoms with Crippen LogP contribution in [0.25, 0.3) is 0 Å². The van der Waals surface area contributed by atoms with Crippen molar-refractivity contribution < 1.29 is 14.6 Å². The monoisotopic (exact) mass is 387 g/mol. The van der Waals surface area contributed by atoms with E-state index in [1.807, 2.05) is 13.0 Å². The Morgan fingerprint density at radius 1 is 1.32 bits per heavy atom. The number of hydrogen-bond donors (Lipinski definition) is 2. The quantitative estimate of drug-likeness (QED) is 0.779. The smallest absolute Gasteiger partial charge is 0.260 e. The lowest BCUT2D eigenvalue weighted by Gasteiger charge is -2.31. The van der Waals surface area contributed by atoms with Crippen molar-refractivity contribution in [3.05, 3.63) is 23.3 Å². The number of aromatic hydroxyl groups is 1. The molecule has 0 spiro atoms. The summed E-state index contributed by atoms with van der Waals surface area (Å²) < 4.78 is 6.21. The number of phenolic OH excluding ortho intramolecular Hbond substituents is 1. The lowest BCUT2D eigenvalue weighted by atomic mass is 9.79. The highest BCUT2D eigenvalue weighted by atomic mass is 16.5. The zero-order valence-electron chi connectivity index (χ0n) is 17.5. The number of benzene rings is 1. The molecule has 1 aliphatic heterocycles. The van der Waals surface area contributed by atoms with E-state index < -0.39 is 5.54 Å². The van der Waals surface area contributed by atoms with Gasteiger partial charge in [-0.25, -0.2) is 4.99 Å². The van der Waals surface area contributed by atoms with Crippen LogP contribution >= 0.6 is 0 Å². The van der Waals surface area contributed by atoms with Crippen molar-refractivity contribution in [3.8, 4) is 11.5 Å². The zero-order chi connectivity index (χ0) is 20.5. The van der Waals surface area contributed by atoms with E-state index in [1.54, 1.807) is 13.1 Å². The standard InChI is InChI=1S/C22H33N3O3/c1-14(2)17-11-18(26)15(3)10-19(17)28-13-22(12-16-8-6-5-7-9-16)20(27)25(4)21(23)24-22/h10-11,14,16,26H,5-9,12-13H2,1-4H3,(H2,23,24). The molecule has 1 saturated carbocycles. The highest BCUT2D eigenvalue weighted by Gasteiger charge is 2.48. The molecular formula is C22H33N3O3. The number of rotatable bonds is 6. The molecule has 154 valence electrons. The van der Waals surface area contributed by atoms with Crippen molar-refractivity contribution >= 4 is 11.9 Å². The SMILES string of the molecule is Cc1cc(OCC2(CC3CCCCC3)N=C(N)N(C)C2=O)c(C(C)C)cc1O. The molecule has 0 radical (unpaired) electrons. The molecule has 1 amide bonds. The summed E-state index contributed by atoms with van der Waals surface area (Å²) in [4.78, 5) is 19.1. The van der Waals surface area contributed by atoms with Crippen LogP contribution in [0.4, 0.5) is 0 Å². The lowest BCUT2D eigenvalue weighted by molar-refractivity contribution is -0.132. The topological polar surface area (TPSA) is 88.2 Å². The molecule has 0 aromatic heterocycles. The van der Waals surface area contributed by atoms with Crippen molar-refractivity contribution in [2.45, 2.75) is 70.8 Å². The van der Waals surface area contributed by atoms with Gasteiger partial charge in [0.2, 0.25) is 0 Å². The normalized spacial score (nSPS) is 23.4. The zero-order valence-corrected chi connectivity index (χ0v) is 17.5. The van der Waals surface area contributed by atoms with Gasteiger partial charge in [0, 0.05) is 12.6 Å². The second-order valence-corrected chi connectivity index (χ2v) is 8.69. The van der Waals surface area contributed by atoms with Gasteiger partial charge in [-0.3, -0.25) is 9.69 Å². The van der Waals surface area contributed by atoms with Gasteiger partial charge in [-0.2, -0.15) is 0 Å². The molecule has 28 heavy (non-hydrogen) atoms. The number of phenols is 1. The second kappa shape index (κ2) is 8.02. The number of likely N-dealkylation sites (N-methyl/N-ethyl adjacent to an activating group) is 1. The van der Waals surface area contributed by atoms with Gasteiger partial charge < -0.3 is 15.6 Å². The second-order valence-electron chi connectivity index (χ2n) is 8.69. The third kappa shape index (κ3) is 3.96. The van der Waals surface area contributed by atoms with E-state index in [1.165, 1.54) is 24.2 Å². The summed E-state index contributed by atoms with van der Waals surface area (Å²) >= 11 is 0. The molecule has 1 aromatic carbocycles. The van der Waals surface area contributed by atoms with Crippen molar-refractivity contribution in [2.75, 3.05) is 13.7 Å². The largest absolute Gasteiger partial charge is 0.508 e. The molecule has 0 saturated heterocycles. The Morgan fingerprint density at radius 2 is 2.00 bits per heavy atom. The molecule has 3 rings (SSSR count). The number of aryl methyl sites for hydroxylation is 1. The van der Waals surface area contributed by atoms with Crippen LogP contribution in [0.1, 0.15) is 69.4 Å². The third-order valence-corrected chi connectivity index (χ3v) is 6.14. The Bertz CT molecular complexity index is 769. The number of carbonyl (C=O) groups is 1. The van der Waals surface area contributed by atoms with Crippen LogP contribution in [-0.2, 0) is 4.79 Å². The minimum absolute atomic E-state index is 0.0860. The minimum Gasteiger partial charge on any atom is -0.508 e. The molecule has 6 nitrogen and oxygen atoms in total. The summed E-state index contributed by atoms with van der Waals surface area (Å²) in [6, 6.07) is 3.60. The average molecular weight is 388 g/mol. The number of guanidine groups is 1. The maximum absolute atomic E-state index is 13.1. The van der Waals surface area contributed by atoms with Crippen molar-refractivity contribution in [2.24, 2.45) is 16.6 Å². The number of ether oxygens (including phenoxy) is 1. The van der Waals surface area contributed by atoms with Gasteiger partial charge in [-0.1, -0.05) is 46.0 Å². The van der Waals surface area contributed by atoms with Crippen LogP contribution in [0.2, 0.25) is 0 Å². The van der Waals surface area contributed by atoms with E-state index in [4.69, 9.17) is 10.5 Å². The van der Waals surface area contributed by atoms with Crippen LogP contribution in [-0.4, -0.2) is 41.1 Å². The number of hydrogen-bond acceptors (Lipinski definition) is 5. The molecule has 1 fully saturated rings. The Hall–Kier alpha value is -2.24. The predicted molar refractivity (Wildman–Crippen MR) is 111 cm³/mol. The van der Waals surface area contributed by atoms with Crippen LogP contribution in [0.3, 0.4) is 0 Å². The van der Waals surface area contributed by atoms with Gasteiger partial charge >= 0.3 is 0 Å². The van der Waals surface area contributed by atoms with E-state index in [9.17, 15) is 9.90 Å². The molecule has 0 bridgehead atoms. The van der Waals surface area contributed by atoms with Crippen molar-refractivity contribution in [1.82, 2.24) is 4.90 Å². The van der Waals surface area contributed by atoms with Gasteiger partial charge in [0.1, 0.15) is 18.1 Å². The predicted octanol–water partition coefficient (Wildman–Crippen LogP) is 3.70. The fourth-order valence-electron chi connectivity index (χ4n) is 4.37. The summed E-state index contributed by atoms with van der Waals surface area (Å²) in [7, 11) is 1.67. The summed E-state index contributed by atoms with van der Waals surface area (Å²) in [6.07, 6.45) is 6.61. The summed E-state index contributed by atoms with van der Waals surface area (Å²) in [5.74, 6) is 1.78. The molecule has 1 heterocycles. The van der Waals surface area contributed by atoms with Crippen molar-refractivity contribution in [3.63, 3.8) is 0 Å². The number of nitrogens with zero attached hydrogens (tertiary/aromatic N) is 2.